The van der Waals surface area contributed by atoms with Crippen LogP contribution in [0.5, 0.6) is 0 Å². The fourth-order valence-corrected chi connectivity index (χ4v) is 1.96. The van der Waals surface area contributed by atoms with Gasteiger partial charge in [-0.15, -0.1) is 0 Å². The largest absolute Gasteiger partial charge is 0.269 e. The molecule has 0 saturated carbocycles. The zero-order chi connectivity index (χ0) is 12.4. The minimum Gasteiger partial charge on any atom is -0.269 e. The number of nitrogens with two attached hydrogens (primary N) is 1. The van der Waals surface area contributed by atoms with Crippen LogP contribution in [0.1, 0.15) is 72.6 Å². The van der Waals surface area contributed by atoms with Gasteiger partial charge >= 0.3 is 0 Å². The van der Waals surface area contributed by atoms with Crippen LogP contribution in [-0.2, 0) is 0 Å². The highest BCUT2D eigenvalue weighted by Gasteiger charge is 2.13. The number of unbranched alkanes of at least 4 members (excludes halogenated alkanes) is 6. The lowest BCUT2D eigenvalue weighted by atomic mass is 9.96. The Morgan fingerprint density at radius 3 is 1.88 bits per heavy atom. The van der Waals surface area contributed by atoms with Crippen LogP contribution in [0.3, 0.4) is 0 Å². The number of rotatable bonds is 9. The lowest BCUT2D eigenvalue weighted by Crippen LogP contribution is -2.38. The van der Waals surface area contributed by atoms with Crippen molar-refractivity contribution in [3.8, 4) is 0 Å². The van der Waals surface area contributed by atoms with Crippen molar-refractivity contribution in [1.29, 1.82) is 0 Å². The van der Waals surface area contributed by atoms with Crippen molar-refractivity contribution in [2.45, 2.75) is 72.6 Å². The molecule has 0 bridgehead atoms. The third-order valence-corrected chi connectivity index (χ3v) is 2.73. The smallest absolute Gasteiger partial charge is 0.0177 e. The third kappa shape index (κ3) is 12.0. The van der Waals surface area contributed by atoms with Crippen molar-refractivity contribution in [2.75, 3.05) is 13.1 Å². The molecule has 0 fully saturated rings. The van der Waals surface area contributed by atoms with Crippen molar-refractivity contribution >= 4 is 0 Å². The standard InChI is InChI=1S/C14H32N2/c1-5-6-7-8-9-10-11-12-16(15)13-14(2,3)4/h5-13,15H2,1-4H3. The summed E-state index contributed by atoms with van der Waals surface area (Å²) in [4.78, 5) is 0. The molecule has 0 aliphatic carbocycles. The first-order valence-electron chi connectivity index (χ1n) is 6.95. The molecule has 0 aromatic heterocycles. The van der Waals surface area contributed by atoms with Gasteiger partial charge in [0.25, 0.3) is 0 Å². The Bertz CT molecular complexity index is 149. The zero-order valence-electron chi connectivity index (χ0n) is 11.9. The first kappa shape index (κ1) is 15.9. The van der Waals surface area contributed by atoms with Crippen LogP contribution in [0.15, 0.2) is 0 Å². The second kappa shape index (κ2) is 9.00. The molecule has 0 spiro atoms. The number of hydrogen-bond donors (Lipinski definition) is 1. The summed E-state index contributed by atoms with van der Waals surface area (Å²) in [5.74, 6) is 5.96. The third-order valence-electron chi connectivity index (χ3n) is 2.73. The molecule has 0 amide bonds. The van der Waals surface area contributed by atoms with Gasteiger partial charge in [-0.2, -0.15) is 0 Å². The van der Waals surface area contributed by atoms with Crippen molar-refractivity contribution in [1.82, 2.24) is 5.01 Å². The van der Waals surface area contributed by atoms with Crippen molar-refractivity contribution in [2.24, 2.45) is 11.3 Å². The average molecular weight is 228 g/mol. The van der Waals surface area contributed by atoms with E-state index in [1.54, 1.807) is 0 Å². The summed E-state index contributed by atoms with van der Waals surface area (Å²) < 4.78 is 0. The Morgan fingerprint density at radius 2 is 1.38 bits per heavy atom. The van der Waals surface area contributed by atoms with Gasteiger partial charge in [0.15, 0.2) is 0 Å². The summed E-state index contributed by atoms with van der Waals surface area (Å²) in [6, 6.07) is 0. The summed E-state index contributed by atoms with van der Waals surface area (Å²) in [6.07, 6.45) is 9.50. The van der Waals surface area contributed by atoms with E-state index < -0.39 is 0 Å². The van der Waals surface area contributed by atoms with Crippen LogP contribution in [0, 0.1) is 5.41 Å². The quantitative estimate of drug-likeness (QED) is 0.368. The molecule has 0 unspecified atom stereocenters. The highest BCUT2D eigenvalue weighted by Crippen LogP contribution is 2.14. The molecular formula is C14H32N2. The first-order valence-corrected chi connectivity index (χ1v) is 6.95. The zero-order valence-corrected chi connectivity index (χ0v) is 11.9. The summed E-state index contributed by atoms with van der Waals surface area (Å²) in [6.45, 7) is 11.0. The SMILES string of the molecule is CCCCCCCCCN(N)CC(C)(C)C. The van der Waals surface area contributed by atoms with E-state index >= 15 is 0 Å². The molecule has 16 heavy (non-hydrogen) atoms. The van der Waals surface area contributed by atoms with Gasteiger partial charge < -0.3 is 0 Å². The Kier molecular flexibility index (Phi) is 8.96. The van der Waals surface area contributed by atoms with E-state index in [4.69, 9.17) is 5.84 Å². The molecule has 0 aromatic carbocycles. The molecule has 0 aliphatic heterocycles. The van der Waals surface area contributed by atoms with Crippen LogP contribution < -0.4 is 5.84 Å². The first-order chi connectivity index (χ1) is 7.45. The Balaban J connectivity index is 3.25. The monoisotopic (exact) mass is 228 g/mol. The molecule has 0 heterocycles. The minimum absolute atomic E-state index is 0.315. The lowest BCUT2D eigenvalue weighted by Gasteiger charge is -2.25. The topological polar surface area (TPSA) is 29.3 Å². The van der Waals surface area contributed by atoms with E-state index in [2.05, 4.69) is 27.7 Å². The molecule has 98 valence electrons. The molecule has 2 heteroatoms. The van der Waals surface area contributed by atoms with Crippen molar-refractivity contribution in [3.63, 3.8) is 0 Å². The number of hydrazine groups is 1. The molecule has 0 radical (unpaired) electrons. The van der Waals surface area contributed by atoms with Crippen molar-refractivity contribution < 1.29 is 0 Å². The van der Waals surface area contributed by atoms with Crippen molar-refractivity contribution in [3.05, 3.63) is 0 Å². The van der Waals surface area contributed by atoms with Gasteiger partial charge in [0.2, 0.25) is 0 Å². The van der Waals surface area contributed by atoms with Crippen LogP contribution in [-0.4, -0.2) is 18.1 Å². The van der Waals surface area contributed by atoms with Crippen LogP contribution in [0.25, 0.3) is 0 Å². The summed E-state index contributed by atoms with van der Waals surface area (Å²) >= 11 is 0. The van der Waals surface area contributed by atoms with Crippen LogP contribution in [0.4, 0.5) is 0 Å². The molecule has 0 saturated heterocycles. The van der Waals surface area contributed by atoms with E-state index in [9.17, 15) is 0 Å². The summed E-state index contributed by atoms with van der Waals surface area (Å²) in [5, 5.41) is 1.98. The molecule has 0 atom stereocenters. The molecule has 0 aromatic rings. The predicted molar refractivity (Wildman–Crippen MR) is 73.2 cm³/mol. The maximum atomic E-state index is 5.96. The average Bonchev–Trinajstić information content (AvgIpc) is 2.13. The van der Waals surface area contributed by atoms with Gasteiger partial charge in [-0.3, -0.25) is 5.84 Å². The predicted octanol–water partition coefficient (Wildman–Crippen LogP) is 3.96. The van der Waals surface area contributed by atoms with E-state index in [1.165, 1.54) is 44.9 Å². The fourth-order valence-electron chi connectivity index (χ4n) is 1.96. The molecule has 2 N–H and O–H groups in total. The minimum atomic E-state index is 0.315. The van der Waals surface area contributed by atoms with E-state index in [-0.39, 0.29) is 0 Å². The second-order valence-corrected chi connectivity index (χ2v) is 6.15. The van der Waals surface area contributed by atoms with Gasteiger partial charge in [-0.05, 0) is 11.8 Å². The van der Waals surface area contributed by atoms with E-state index in [0.29, 0.717) is 5.41 Å². The Hall–Kier alpha value is -0.0800. The Labute approximate surface area is 103 Å². The fraction of sp³-hybridized carbons (Fsp3) is 1.00. The van der Waals surface area contributed by atoms with Gasteiger partial charge in [-0.25, -0.2) is 5.01 Å². The molecule has 2 nitrogen and oxygen atoms in total. The molecule has 0 aliphatic rings. The summed E-state index contributed by atoms with van der Waals surface area (Å²) in [7, 11) is 0. The maximum Gasteiger partial charge on any atom is 0.0177 e. The highest BCUT2D eigenvalue weighted by molar-refractivity contribution is 4.65. The van der Waals surface area contributed by atoms with Gasteiger partial charge in [-0.1, -0.05) is 66.2 Å². The lowest BCUT2D eigenvalue weighted by molar-refractivity contribution is 0.191. The maximum absolute atomic E-state index is 5.96. The number of hydrogen-bond acceptors (Lipinski definition) is 2. The van der Waals surface area contributed by atoms with Gasteiger partial charge in [0.1, 0.15) is 0 Å². The Morgan fingerprint density at radius 1 is 0.875 bits per heavy atom. The van der Waals surface area contributed by atoms with E-state index in [0.717, 1.165) is 13.1 Å². The second-order valence-electron chi connectivity index (χ2n) is 6.15. The number of nitrogens with zero attached hydrogens (tertiary/aromatic N) is 1. The van der Waals surface area contributed by atoms with Gasteiger partial charge in [0.05, 0.1) is 0 Å². The van der Waals surface area contributed by atoms with Crippen LogP contribution >= 0.6 is 0 Å². The van der Waals surface area contributed by atoms with E-state index in [1.807, 2.05) is 5.01 Å². The highest BCUT2D eigenvalue weighted by atomic mass is 15.4. The summed E-state index contributed by atoms with van der Waals surface area (Å²) in [5.41, 5.74) is 0.315. The van der Waals surface area contributed by atoms with Crippen LogP contribution in [0.2, 0.25) is 0 Å². The normalized spacial score (nSPS) is 12.4. The molecule has 0 rings (SSSR count). The molecular weight excluding hydrogens is 196 g/mol. The van der Waals surface area contributed by atoms with Gasteiger partial charge in [0, 0.05) is 13.1 Å².